The summed E-state index contributed by atoms with van der Waals surface area (Å²) in [6.45, 7) is 9.55. The molecule has 2 N–H and O–H groups in total. The van der Waals surface area contributed by atoms with Crippen LogP contribution in [-0.4, -0.2) is 53.1 Å². The van der Waals surface area contributed by atoms with Gasteiger partial charge in [0.15, 0.2) is 5.82 Å². The van der Waals surface area contributed by atoms with Crippen LogP contribution in [0.5, 0.6) is 0 Å². The molecular formula is C22H28FN5O3S. The lowest BCUT2D eigenvalue weighted by Gasteiger charge is -2.36. The number of rotatable bonds is 3. The lowest BCUT2D eigenvalue weighted by atomic mass is 10.0. The zero-order valence-corrected chi connectivity index (χ0v) is 19.7. The quantitative estimate of drug-likeness (QED) is 0.728. The number of ether oxygens (including phenoxy) is 1. The van der Waals surface area contributed by atoms with Crippen molar-refractivity contribution in [1.82, 2.24) is 15.3 Å². The van der Waals surface area contributed by atoms with Gasteiger partial charge in [0.25, 0.3) is 0 Å². The van der Waals surface area contributed by atoms with E-state index >= 15 is 4.39 Å². The number of nitrogens with zero attached hydrogens (tertiary/aromatic N) is 3. The molecule has 3 atom stereocenters. The zero-order valence-electron chi connectivity index (χ0n) is 18.9. The van der Waals surface area contributed by atoms with Gasteiger partial charge in [-0.15, -0.1) is 0 Å². The minimum atomic E-state index is -1.19. The van der Waals surface area contributed by atoms with Gasteiger partial charge in [-0.25, -0.2) is 19.2 Å². The van der Waals surface area contributed by atoms with Gasteiger partial charge in [-0.1, -0.05) is 0 Å². The number of anilines is 2. The highest BCUT2D eigenvalue weighted by Crippen LogP contribution is 2.49. The summed E-state index contributed by atoms with van der Waals surface area (Å²) in [6, 6.07) is 4.03. The summed E-state index contributed by atoms with van der Waals surface area (Å²) < 4.78 is 33.2. The molecule has 1 aromatic carbocycles. The van der Waals surface area contributed by atoms with Crippen molar-refractivity contribution < 1.29 is 18.1 Å². The first kappa shape index (κ1) is 22.6. The molecule has 3 heterocycles. The number of benzene rings is 1. The Labute approximate surface area is 189 Å². The summed E-state index contributed by atoms with van der Waals surface area (Å²) >= 11 is 0. The third-order valence-electron chi connectivity index (χ3n) is 6.06. The smallest absolute Gasteiger partial charge is 0.318 e. The molecule has 2 amide bonds. The van der Waals surface area contributed by atoms with E-state index in [0.29, 0.717) is 37.0 Å². The Bertz CT molecular complexity index is 1090. The maximum atomic E-state index is 15.1. The van der Waals surface area contributed by atoms with Gasteiger partial charge in [0.2, 0.25) is 0 Å². The summed E-state index contributed by atoms with van der Waals surface area (Å²) in [7, 11) is 0.295. The van der Waals surface area contributed by atoms with Crippen molar-refractivity contribution in [3.05, 3.63) is 35.3 Å². The molecule has 1 saturated heterocycles. The van der Waals surface area contributed by atoms with Gasteiger partial charge in [0.05, 0.1) is 40.5 Å². The van der Waals surface area contributed by atoms with E-state index in [1.165, 1.54) is 13.1 Å². The number of carbonyl (C=O) groups is 1. The van der Waals surface area contributed by atoms with Gasteiger partial charge in [-0.3, -0.25) is 4.21 Å². The van der Waals surface area contributed by atoms with Crippen LogP contribution in [0.3, 0.4) is 0 Å². The fourth-order valence-electron chi connectivity index (χ4n) is 4.28. The van der Waals surface area contributed by atoms with Gasteiger partial charge in [-0.05, 0) is 45.9 Å². The predicted octanol–water partition coefficient (Wildman–Crippen LogP) is 3.32. The van der Waals surface area contributed by atoms with Crippen LogP contribution in [0, 0.1) is 5.82 Å². The molecule has 3 unspecified atom stereocenters. The SMILES string of the molecule is CNC(=O)Nc1ccc(-c2nc(N3CCOCC3C)c3c(n2)C(C)(C)S(=O)C3C)c(F)c1. The van der Waals surface area contributed by atoms with Crippen LogP contribution in [0.25, 0.3) is 11.4 Å². The number of aromatic nitrogens is 2. The molecule has 8 nitrogen and oxygen atoms in total. The monoisotopic (exact) mass is 461 g/mol. The standard InChI is InChI=1S/C22H28FN5O3S/c1-12-11-31-9-8-28(12)20-17-13(2)32(30)22(3,4)18(17)26-19(27-20)15-7-6-14(10-16(15)23)25-21(29)24-5/h6-7,10,12-13H,8-9,11H2,1-5H3,(H2,24,25,29). The van der Waals surface area contributed by atoms with Gasteiger partial charge >= 0.3 is 6.03 Å². The van der Waals surface area contributed by atoms with E-state index in [1.54, 1.807) is 12.1 Å². The molecule has 0 radical (unpaired) electrons. The van der Waals surface area contributed by atoms with Crippen molar-refractivity contribution in [3.8, 4) is 11.4 Å². The number of morpholine rings is 1. The number of hydrogen-bond acceptors (Lipinski definition) is 6. The van der Waals surface area contributed by atoms with E-state index in [-0.39, 0.29) is 22.7 Å². The van der Waals surface area contributed by atoms with Crippen LogP contribution in [0.2, 0.25) is 0 Å². The summed E-state index contributed by atoms with van der Waals surface area (Å²) in [5, 5.41) is 4.75. The molecule has 1 aromatic heterocycles. The fourth-order valence-corrected chi connectivity index (χ4v) is 5.95. The molecule has 0 aliphatic carbocycles. The summed E-state index contributed by atoms with van der Waals surface area (Å²) in [4.78, 5) is 23.2. The molecule has 1 fully saturated rings. The van der Waals surface area contributed by atoms with Crippen molar-refractivity contribution in [2.24, 2.45) is 0 Å². The minimum absolute atomic E-state index is 0.0731. The Hall–Kier alpha value is -2.59. The first-order valence-corrected chi connectivity index (χ1v) is 11.8. The summed E-state index contributed by atoms with van der Waals surface area (Å²) in [6.07, 6.45) is 0. The maximum Gasteiger partial charge on any atom is 0.318 e. The molecule has 2 aromatic rings. The van der Waals surface area contributed by atoms with Crippen molar-refractivity contribution in [1.29, 1.82) is 0 Å². The molecular weight excluding hydrogens is 433 g/mol. The van der Waals surface area contributed by atoms with E-state index in [0.717, 1.165) is 5.56 Å². The van der Waals surface area contributed by atoms with Crippen LogP contribution < -0.4 is 15.5 Å². The number of halogens is 1. The number of urea groups is 1. The minimum Gasteiger partial charge on any atom is -0.377 e. The average Bonchev–Trinajstić information content (AvgIpc) is 2.94. The number of fused-ring (bicyclic) bond motifs is 1. The van der Waals surface area contributed by atoms with Crippen LogP contribution in [0.4, 0.5) is 20.7 Å². The van der Waals surface area contributed by atoms with Crippen LogP contribution in [-0.2, 0) is 20.3 Å². The Kier molecular flexibility index (Phi) is 5.93. The highest BCUT2D eigenvalue weighted by Gasteiger charge is 2.47. The van der Waals surface area contributed by atoms with Gasteiger partial charge in [0.1, 0.15) is 11.6 Å². The van der Waals surface area contributed by atoms with Crippen molar-refractivity contribution in [3.63, 3.8) is 0 Å². The molecule has 32 heavy (non-hydrogen) atoms. The van der Waals surface area contributed by atoms with E-state index in [9.17, 15) is 9.00 Å². The lowest BCUT2D eigenvalue weighted by Crippen LogP contribution is -2.44. The van der Waals surface area contributed by atoms with Crippen molar-refractivity contribution >= 4 is 28.3 Å². The third-order valence-corrected chi connectivity index (χ3v) is 8.14. The topological polar surface area (TPSA) is 96.5 Å². The number of hydrogen-bond donors (Lipinski definition) is 2. The average molecular weight is 462 g/mol. The van der Waals surface area contributed by atoms with Crippen molar-refractivity contribution in [2.45, 2.75) is 43.7 Å². The normalized spacial score (nSPS) is 24.2. The van der Waals surface area contributed by atoms with E-state index < -0.39 is 27.4 Å². The van der Waals surface area contributed by atoms with Crippen LogP contribution >= 0.6 is 0 Å². The number of nitrogens with one attached hydrogen (secondary N) is 2. The molecule has 2 aliphatic rings. The second kappa shape index (κ2) is 8.40. The first-order valence-electron chi connectivity index (χ1n) is 10.6. The van der Waals surface area contributed by atoms with Gasteiger partial charge < -0.3 is 20.3 Å². The molecule has 2 aliphatic heterocycles. The third kappa shape index (κ3) is 3.75. The fraction of sp³-hybridized carbons (Fsp3) is 0.500. The molecule has 172 valence electrons. The Morgan fingerprint density at radius 3 is 2.72 bits per heavy atom. The highest BCUT2D eigenvalue weighted by atomic mass is 32.2. The Morgan fingerprint density at radius 2 is 2.06 bits per heavy atom. The Morgan fingerprint density at radius 1 is 1.31 bits per heavy atom. The molecule has 0 bridgehead atoms. The molecule has 0 spiro atoms. The highest BCUT2D eigenvalue weighted by molar-refractivity contribution is 7.86. The van der Waals surface area contributed by atoms with E-state index in [4.69, 9.17) is 14.7 Å². The predicted molar refractivity (Wildman–Crippen MR) is 123 cm³/mol. The number of amides is 2. The Balaban J connectivity index is 1.86. The van der Waals surface area contributed by atoms with Crippen molar-refractivity contribution in [2.75, 3.05) is 37.0 Å². The van der Waals surface area contributed by atoms with E-state index in [2.05, 4.69) is 22.5 Å². The van der Waals surface area contributed by atoms with Crippen LogP contribution in [0.15, 0.2) is 18.2 Å². The largest absolute Gasteiger partial charge is 0.377 e. The van der Waals surface area contributed by atoms with Crippen LogP contribution in [0.1, 0.15) is 44.2 Å². The zero-order chi connectivity index (χ0) is 23.2. The second-order valence-electron chi connectivity index (χ2n) is 8.60. The lowest BCUT2D eigenvalue weighted by molar-refractivity contribution is 0.0984. The van der Waals surface area contributed by atoms with Gasteiger partial charge in [-0.2, -0.15) is 0 Å². The molecule has 0 saturated carbocycles. The maximum absolute atomic E-state index is 15.1. The summed E-state index contributed by atoms with van der Waals surface area (Å²) in [5.74, 6) is 0.379. The molecule has 10 heteroatoms. The first-order chi connectivity index (χ1) is 15.1. The second-order valence-corrected chi connectivity index (χ2v) is 10.9. The van der Waals surface area contributed by atoms with E-state index in [1.807, 2.05) is 20.8 Å². The summed E-state index contributed by atoms with van der Waals surface area (Å²) in [5.41, 5.74) is 2.10. The van der Waals surface area contributed by atoms with Gasteiger partial charge in [0, 0.05) is 35.6 Å². The molecule has 4 rings (SSSR count). The number of carbonyl (C=O) groups excluding carboxylic acids is 1.